The van der Waals surface area contributed by atoms with Crippen molar-refractivity contribution in [2.75, 3.05) is 7.11 Å². The predicted molar refractivity (Wildman–Crippen MR) is 101 cm³/mol. The third-order valence-corrected chi connectivity index (χ3v) is 5.31. The van der Waals surface area contributed by atoms with Crippen molar-refractivity contribution in [2.45, 2.75) is 19.5 Å². The monoisotopic (exact) mass is 430 g/mol. The van der Waals surface area contributed by atoms with Gasteiger partial charge in [-0.25, -0.2) is 9.78 Å². The number of aromatic nitrogens is 2. The Bertz CT molecular complexity index is 1090. The molecule has 9 heteroatoms. The van der Waals surface area contributed by atoms with Crippen LogP contribution in [-0.4, -0.2) is 22.6 Å². The number of rotatable bonds is 3. The quantitative estimate of drug-likeness (QED) is 0.509. The number of esters is 1. The van der Waals surface area contributed by atoms with Crippen LogP contribution >= 0.6 is 23.2 Å². The molecule has 28 heavy (non-hydrogen) atoms. The zero-order valence-corrected chi connectivity index (χ0v) is 16.6. The summed E-state index contributed by atoms with van der Waals surface area (Å²) in [6, 6.07) is 5.10. The number of carbonyl (C=O) groups excluding carboxylic acids is 1. The van der Waals surface area contributed by atoms with Crippen molar-refractivity contribution >= 4 is 40.2 Å². The lowest BCUT2D eigenvalue weighted by Crippen LogP contribution is -2.07. The van der Waals surface area contributed by atoms with Crippen LogP contribution in [0.3, 0.4) is 0 Å². The Labute approximate surface area is 168 Å². The minimum absolute atomic E-state index is 0.124. The van der Waals surface area contributed by atoms with Crippen molar-refractivity contribution < 1.29 is 22.7 Å². The first-order chi connectivity index (χ1) is 13.0. The Hall–Kier alpha value is -2.25. The fourth-order valence-electron chi connectivity index (χ4n) is 3.01. The van der Waals surface area contributed by atoms with E-state index < -0.39 is 17.7 Å². The maximum absolute atomic E-state index is 13.1. The molecule has 2 aromatic carbocycles. The summed E-state index contributed by atoms with van der Waals surface area (Å²) in [6.45, 7) is 1.58. The van der Waals surface area contributed by atoms with Crippen LogP contribution in [0.1, 0.15) is 32.9 Å². The first kappa shape index (κ1) is 20.5. The van der Waals surface area contributed by atoms with E-state index in [1.807, 2.05) is 0 Å². The number of halogens is 5. The molecule has 3 aromatic rings. The normalized spacial score (nSPS) is 11.9. The van der Waals surface area contributed by atoms with Gasteiger partial charge >= 0.3 is 12.1 Å². The molecular weight excluding hydrogens is 416 g/mol. The van der Waals surface area contributed by atoms with Gasteiger partial charge in [-0.15, -0.1) is 0 Å². The van der Waals surface area contributed by atoms with Gasteiger partial charge in [0.1, 0.15) is 5.82 Å². The van der Waals surface area contributed by atoms with Crippen molar-refractivity contribution in [3.63, 3.8) is 0 Å². The summed E-state index contributed by atoms with van der Waals surface area (Å²) in [6.07, 6.45) is -4.32. The lowest BCUT2D eigenvalue weighted by Gasteiger charge is -2.11. The molecule has 0 unspecified atom stereocenters. The smallest absolute Gasteiger partial charge is 0.416 e. The molecule has 0 fully saturated rings. The van der Waals surface area contributed by atoms with E-state index in [4.69, 9.17) is 27.9 Å². The topological polar surface area (TPSA) is 44.1 Å². The summed E-state index contributed by atoms with van der Waals surface area (Å²) in [7, 11) is 2.86. The molecular formula is C19H15Cl2F3N2O2. The van der Waals surface area contributed by atoms with Gasteiger partial charge in [0.25, 0.3) is 0 Å². The van der Waals surface area contributed by atoms with Gasteiger partial charge in [0, 0.05) is 18.5 Å². The third-order valence-electron chi connectivity index (χ3n) is 4.52. The molecule has 3 rings (SSSR count). The molecule has 0 radical (unpaired) electrons. The Balaban J connectivity index is 2.13. The second-order valence-electron chi connectivity index (χ2n) is 6.30. The molecule has 0 saturated heterocycles. The first-order valence-corrected chi connectivity index (χ1v) is 8.88. The van der Waals surface area contributed by atoms with Crippen molar-refractivity contribution in [2.24, 2.45) is 7.05 Å². The van der Waals surface area contributed by atoms with E-state index in [9.17, 15) is 18.0 Å². The van der Waals surface area contributed by atoms with E-state index in [0.717, 1.165) is 12.1 Å². The molecule has 0 amide bonds. The molecule has 0 saturated carbocycles. The van der Waals surface area contributed by atoms with Gasteiger partial charge in [-0.2, -0.15) is 13.2 Å². The predicted octanol–water partition coefficient (Wildman–Crippen LogP) is 5.58. The van der Waals surface area contributed by atoms with Crippen LogP contribution in [0.5, 0.6) is 0 Å². The van der Waals surface area contributed by atoms with E-state index >= 15 is 0 Å². The Morgan fingerprint density at radius 3 is 2.54 bits per heavy atom. The highest BCUT2D eigenvalue weighted by Gasteiger charge is 2.32. The molecule has 0 bridgehead atoms. The van der Waals surface area contributed by atoms with Crippen molar-refractivity contribution in [1.82, 2.24) is 9.55 Å². The third kappa shape index (κ3) is 3.56. The van der Waals surface area contributed by atoms with E-state index in [0.29, 0.717) is 33.0 Å². The van der Waals surface area contributed by atoms with Crippen LogP contribution < -0.4 is 0 Å². The summed E-state index contributed by atoms with van der Waals surface area (Å²) >= 11 is 12.6. The second-order valence-corrected chi connectivity index (χ2v) is 7.09. The Kier molecular flexibility index (Phi) is 5.34. The highest BCUT2D eigenvalue weighted by molar-refractivity contribution is 6.38. The van der Waals surface area contributed by atoms with Crippen LogP contribution in [0.25, 0.3) is 11.0 Å². The zero-order chi connectivity index (χ0) is 20.8. The second kappa shape index (κ2) is 7.29. The number of ether oxygens (including phenoxy) is 1. The zero-order valence-electron chi connectivity index (χ0n) is 15.1. The average Bonchev–Trinajstić information content (AvgIpc) is 2.94. The van der Waals surface area contributed by atoms with Gasteiger partial charge in [0.05, 0.1) is 34.3 Å². The largest absolute Gasteiger partial charge is 0.465 e. The number of alkyl halides is 3. The lowest BCUT2D eigenvalue weighted by molar-refractivity contribution is -0.137. The standard InChI is InChI=1S/C19H15Cl2F3N2O2/c1-9-6-10(19(22,23)24)7-14-17(9)25-15(26(14)2)8-12-13(20)5-4-11(16(12)21)18(27)28-3/h4-7H,8H2,1-3H3. The maximum Gasteiger partial charge on any atom is 0.416 e. The minimum atomic E-state index is -4.45. The number of nitrogens with zero attached hydrogens (tertiary/aromatic N) is 2. The molecule has 0 aliphatic heterocycles. The molecule has 148 valence electrons. The van der Waals surface area contributed by atoms with Crippen molar-refractivity contribution in [3.8, 4) is 0 Å². The number of hydrogen-bond acceptors (Lipinski definition) is 3. The van der Waals surface area contributed by atoms with E-state index in [2.05, 4.69) is 4.98 Å². The Morgan fingerprint density at radius 1 is 1.25 bits per heavy atom. The van der Waals surface area contributed by atoms with Gasteiger partial charge in [0.15, 0.2) is 0 Å². The summed E-state index contributed by atoms with van der Waals surface area (Å²) < 4.78 is 45.7. The van der Waals surface area contributed by atoms with Crippen molar-refractivity contribution in [3.05, 3.63) is 62.4 Å². The van der Waals surface area contributed by atoms with Crippen LogP contribution in [-0.2, 0) is 24.4 Å². The number of benzene rings is 2. The molecule has 0 aliphatic rings. The van der Waals surface area contributed by atoms with Gasteiger partial charge in [-0.1, -0.05) is 23.2 Å². The molecule has 4 nitrogen and oxygen atoms in total. The molecule has 0 aliphatic carbocycles. The van der Waals surface area contributed by atoms with Gasteiger partial charge in [-0.05, 0) is 42.3 Å². The Morgan fingerprint density at radius 2 is 1.93 bits per heavy atom. The van der Waals surface area contributed by atoms with Crippen LogP contribution in [0.15, 0.2) is 24.3 Å². The average molecular weight is 431 g/mol. The van der Waals surface area contributed by atoms with E-state index in [-0.39, 0.29) is 17.0 Å². The van der Waals surface area contributed by atoms with Crippen molar-refractivity contribution in [1.29, 1.82) is 0 Å². The highest BCUT2D eigenvalue weighted by atomic mass is 35.5. The summed E-state index contributed by atoms with van der Waals surface area (Å²) in [4.78, 5) is 16.3. The van der Waals surface area contributed by atoms with Gasteiger partial charge in [-0.3, -0.25) is 0 Å². The summed E-state index contributed by atoms with van der Waals surface area (Å²) in [5, 5.41) is 0.441. The molecule has 0 atom stereocenters. The van der Waals surface area contributed by atoms with Crippen LogP contribution in [0.2, 0.25) is 10.0 Å². The van der Waals surface area contributed by atoms with Gasteiger partial charge < -0.3 is 9.30 Å². The summed E-state index contributed by atoms with van der Waals surface area (Å²) in [5.74, 6) is -0.151. The van der Waals surface area contributed by atoms with Gasteiger partial charge in [0.2, 0.25) is 0 Å². The number of fused-ring (bicyclic) bond motifs is 1. The molecule has 0 N–H and O–H groups in total. The van der Waals surface area contributed by atoms with E-state index in [1.165, 1.54) is 19.2 Å². The van der Waals surface area contributed by atoms with E-state index in [1.54, 1.807) is 18.5 Å². The maximum atomic E-state index is 13.1. The number of carbonyl (C=O) groups is 1. The molecule has 0 spiro atoms. The molecule has 1 aromatic heterocycles. The van der Waals surface area contributed by atoms with Crippen LogP contribution in [0.4, 0.5) is 13.2 Å². The first-order valence-electron chi connectivity index (χ1n) is 8.13. The number of hydrogen-bond donors (Lipinski definition) is 0. The summed E-state index contributed by atoms with van der Waals surface area (Å²) in [5.41, 5.74) is 1.07. The highest BCUT2D eigenvalue weighted by Crippen LogP contribution is 2.35. The molecule has 1 heterocycles. The fraction of sp³-hybridized carbons (Fsp3) is 0.263. The van der Waals surface area contributed by atoms with Crippen LogP contribution in [0, 0.1) is 6.92 Å². The fourth-order valence-corrected chi connectivity index (χ4v) is 3.59. The SMILES string of the molecule is COC(=O)c1ccc(Cl)c(Cc2nc3c(C)cc(C(F)(F)F)cc3n2C)c1Cl. The number of aryl methyl sites for hydroxylation is 2. The lowest BCUT2D eigenvalue weighted by atomic mass is 10.1. The number of imidazole rings is 1. The minimum Gasteiger partial charge on any atom is -0.465 e. The number of methoxy groups -OCH3 is 1.